The summed E-state index contributed by atoms with van der Waals surface area (Å²) in [5.74, 6) is 13.3. The van der Waals surface area contributed by atoms with Crippen molar-refractivity contribution in [2.45, 2.75) is 0 Å². The topological polar surface area (TPSA) is 123 Å². The lowest BCUT2D eigenvalue weighted by molar-refractivity contribution is 0.415. The number of methoxy groups -OCH3 is 1. The second-order valence-electron chi connectivity index (χ2n) is 5.13. The van der Waals surface area contributed by atoms with Gasteiger partial charge < -0.3 is 20.9 Å². The van der Waals surface area contributed by atoms with Gasteiger partial charge in [0.2, 0.25) is 5.95 Å². The summed E-state index contributed by atoms with van der Waals surface area (Å²) in [6, 6.07) is 17.0. The monoisotopic (exact) mass is 337 g/mol. The van der Waals surface area contributed by atoms with E-state index in [-0.39, 0.29) is 0 Å². The fourth-order valence-electron chi connectivity index (χ4n) is 2.41. The van der Waals surface area contributed by atoms with E-state index < -0.39 is 0 Å². The Morgan fingerprint density at radius 3 is 1.96 bits per heavy atom. The third-order valence-electron chi connectivity index (χ3n) is 3.59. The third-order valence-corrected chi connectivity index (χ3v) is 3.59. The highest BCUT2D eigenvalue weighted by Crippen LogP contribution is 2.34. The molecule has 0 aliphatic heterocycles. The normalized spacial score (nSPS) is 10.2. The maximum Gasteiger partial charge on any atom is 0.231 e. The molecular weight excluding hydrogens is 318 g/mol. The van der Waals surface area contributed by atoms with Gasteiger partial charge in [-0.2, -0.15) is 9.97 Å². The summed E-state index contributed by atoms with van der Waals surface area (Å²) in [6.07, 6.45) is 0. The summed E-state index contributed by atoms with van der Waals surface area (Å²) in [6.45, 7) is 0. The molecule has 0 spiro atoms. The summed E-state index contributed by atoms with van der Waals surface area (Å²) < 4.78 is 5.18. The van der Waals surface area contributed by atoms with Crippen molar-refractivity contribution in [3.05, 3.63) is 54.6 Å². The maximum absolute atomic E-state index is 5.67. The Morgan fingerprint density at radius 1 is 0.840 bits per heavy atom. The molecule has 7 N–H and O–H groups in total. The van der Waals surface area contributed by atoms with Gasteiger partial charge in [0.1, 0.15) is 5.75 Å². The van der Waals surface area contributed by atoms with Crippen LogP contribution in [0.1, 0.15) is 0 Å². The van der Waals surface area contributed by atoms with Crippen LogP contribution >= 0.6 is 0 Å². The molecule has 2 aromatic carbocycles. The Morgan fingerprint density at radius 2 is 1.44 bits per heavy atom. The zero-order chi connectivity index (χ0) is 17.6. The summed E-state index contributed by atoms with van der Waals surface area (Å²) in [5.41, 5.74) is 7.56. The van der Waals surface area contributed by atoms with Crippen LogP contribution in [-0.2, 0) is 0 Å². The number of hydrazine groups is 2. The fourth-order valence-corrected chi connectivity index (χ4v) is 2.41. The second kappa shape index (κ2) is 7.47. The molecule has 0 bridgehead atoms. The molecule has 8 heteroatoms. The first-order valence-electron chi connectivity index (χ1n) is 7.57. The lowest BCUT2D eigenvalue weighted by atomic mass is 10.1. The minimum absolute atomic E-state index is 0.365. The highest BCUT2D eigenvalue weighted by Gasteiger charge is 2.16. The molecular formula is C17H19N7O. The molecule has 0 saturated carbocycles. The van der Waals surface area contributed by atoms with E-state index >= 15 is 0 Å². The van der Waals surface area contributed by atoms with Crippen LogP contribution < -0.4 is 32.6 Å². The molecule has 0 radical (unpaired) electrons. The van der Waals surface area contributed by atoms with Crippen LogP contribution in [0.4, 0.5) is 23.3 Å². The van der Waals surface area contributed by atoms with Crippen molar-refractivity contribution < 1.29 is 4.74 Å². The Kier molecular flexibility index (Phi) is 4.93. The van der Waals surface area contributed by atoms with E-state index in [0.717, 1.165) is 17.0 Å². The van der Waals surface area contributed by atoms with Crippen LogP contribution in [-0.4, -0.2) is 17.1 Å². The van der Waals surface area contributed by atoms with Gasteiger partial charge in [0.15, 0.2) is 11.6 Å². The number of para-hydroxylation sites is 1. The highest BCUT2D eigenvalue weighted by molar-refractivity contribution is 5.85. The number of nitrogen functional groups attached to an aromatic ring is 2. The molecule has 0 fully saturated rings. The Labute approximate surface area is 145 Å². The van der Waals surface area contributed by atoms with Crippen molar-refractivity contribution in [3.63, 3.8) is 0 Å². The van der Waals surface area contributed by atoms with Crippen molar-refractivity contribution in [2.75, 3.05) is 23.3 Å². The van der Waals surface area contributed by atoms with Gasteiger partial charge in [-0.15, -0.1) is 0 Å². The van der Waals surface area contributed by atoms with E-state index in [1.807, 2.05) is 54.6 Å². The predicted octanol–water partition coefficient (Wildman–Crippen LogP) is 2.47. The largest absolute Gasteiger partial charge is 0.497 e. The molecule has 0 aliphatic carbocycles. The average molecular weight is 337 g/mol. The van der Waals surface area contributed by atoms with Gasteiger partial charge in [0.25, 0.3) is 0 Å². The maximum atomic E-state index is 5.67. The predicted molar refractivity (Wildman–Crippen MR) is 99.4 cm³/mol. The third kappa shape index (κ3) is 3.60. The summed E-state index contributed by atoms with van der Waals surface area (Å²) in [5, 5.41) is 3.12. The summed E-state index contributed by atoms with van der Waals surface area (Å²) in [7, 11) is 1.61. The van der Waals surface area contributed by atoms with Crippen LogP contribution in [0, 0.1) is 0 Å². The fraction of sp³-hybridized carbons (Fsp3) is 0.0588. The van der Waals surface area contributed by atoms with Crippen molar-refractivity contribution in [1.29, 1.82) is 0 Å². The molecule has 1 heterocycles. The summed E-state index contributed by atoms with van der Waals surface area (Å²) in [4.78, 5) is 8.86. The minimum Gasteiger partial charge on any atom is -0.497 e. The number of nitrogens with two attached hydrogens (primary N) is 2. The average Bonchev–Trinajstić information content (AvgIpc) is 2.68. The van der Waals surface area contributed by atoms with E-state index in [9.17, 15) is 0 Å². The number of hydrogen-bond acceptors (Lipinski definition) is 8. The van der Waals surface area contributed by atoms with E-state index in [1.54, 1.807) is 7.11 Å². The Hall–Kier alpha value is -3.36. The smallest absolute Gasteiger partial charge is 0.231 e. The van der Waals surface area contributed by atoms with E-state index in [1.165, 1.54) is 0 Å². The number of nitrogens with one attached hydrogen (secondary N) is 3. The molecule has 1 aromatic heterocycles. The zero-order valence-electron chi connectivity index (χ0n) is 13.7. The second-order valence-corrected chi connectivity index (χ2v) is 5.13. The molecule has 25 heavy (non-hydrogen) atoms. The number of anilines is 4. The molecule has 0 saturated heterocycles. The molecule has 0 aliphatic rings. The quantitative estimate of drug-likeness (QED) is 0.343. The van der Waals surface area contributed by atoms with Gasteiger partial charge in [-0.3, -0.25) is 0 Å². The SMILES string of the molecule is COc1ccc(-c2c(NN)nc(Nc3ccccc3)nc2NN)cc1. The lowest BCUT2D eigenvalue weighted by Crippen LogP contribution is -2.16. The first kappa shape index (κ1) is 16.5. The van der Waals surface area contributed by atoms with Gasteiger partial charge in [-0.25, -0.2) is 11.7 Å². The standard InChI is InChI=1S/C17H19N7O/c1-25-13-9-7-11(8-10-13)14-15(23-18)21-17(22-16(14)24-19)20-12-5-3-2-4-6-12/h2-10H,18-19H2,1H3,(H3,20,21,22,23,24). The molecule has 0 unspecified atom stereocenters. The molecule has 3 rings (SSSR count). The molecule has 0 amide bonds. The summed E-state index contributed by atoms with van der Waals surface area (Å²) >= 11 is 0. The lowest BCUT2D eigenvalue weighted by Gasteiger charge is -2.15. The van der Waals surface area contributed by atoms with Gasteiger partial charge in [0.05, 0.1) is 12.7 Å². The van der Waals surface area contributed by atoms with Crippen molar-refractivity contribution in [1.82, 2.24) is 9.97 Å². The van der Waals surface area contributed by atoms with Crippen molar-refractivity contribution >= 4 is 23.3 Å². The number of rotatable bonds is 6. The van der Waals surface area contributed by atoms with Crippen molar-refractivity contribution in [3.8, 4) is 16.9 Å². The van der Waals surface area contributed by atoms with Crippen LogP contribution in [0.2, 0.25) is 0 Å². The van der Waals surface area contributed by atoms with Gasteiger partial charge in [-0.05, 0) is 29.8 Å². The Balaban J connectivity index is 2.03. The number of aromatic nitrogens is 2. The number of hydrogen-bond donors (Lipinski definition) is 5. The van der Waals surface area contributed by atoms with Crippen LogP contribution in [0.25, 0.3) is 11.1 Å². The van der Waals surface area contributed by atoms with Crippen LogP contribution in [0.15, 0.2) is 54.6 Å². The van der Waals surface area contributed by atoms with E-state index in [4.69, 9.17) is 16.4 Å². The van der Waals surface area contributed by atoms with Gasteiger partial charge in [-0.1, -0.05) is 30.3 Å². The molecule has 128 valence electrons. The molecule has 3 aromatic rings. The van der Waals surface area contributed by atoms with E-state index in [0.29, 0.717) is 23.1 Å². The van der Waals surface area contributed by atoms with Gasteiger partial charge in [0, 0.05) is 5.69 Å². The minimum atomic E-state index is 0.365. The van der Waals surface area contributed by atoms with Gasteiger partial charge >= 0.3 is 0 Å². The number of benzene rings is 2. The highest BCUT2D eigenvalue weighted by atomic mass is 16.5. The van der Waals surface area contributed by atoms with Crippen molar-refractivity contribution in [2.24, 2.45) is 11.7 Å². The zero-order valence-corrected chi connectivity index (χ0v) is 13.7. The number of nitrogens with zero attached hydrogens (tertiary/aromatic N) is 2. The molecule has 0 atom stereocenters. The first-order valence-corrected chi connectivity index (χ1v) is 7.57. The number of ether oxygens (including phenoxy) is 1. The van der Waals surface area contributed by atoms with E-state index in [2.05, 4.69) is 26.1 Å². The Bertz CT molecular complexity index is 812. The van der Waals surface area contributed by atoms with Crippen LogP contribution in [0.3, 0.4) is 0 Å². The first-order chi connectivity index (χ1) is 12.2. The van der Waals surface area contributed by atoms with Crippen LogP contribution in [0.5, 0.6) is 5.75 Å². The molecule has 8 nitrogen and oxygen atoms in total.